The van der Waals surface area contributed by atoms with Gasteiger partial charge in [0.05, 0.1) is 11.4 Å². The van der Waals surface area contributed by atoms with Gasteiger partial charge in [-0.2, -0.15) is 0 Å². The van der Waals surface area contributed by atoms with Crippen LogP contribution in [0.3, 0.4) is 0 Å². The van der Waals surface area contributed by atoms with Crippen molar-refractivity contribution >= 4 is 40.2 Å². The van der Waals surface area contributed by atoms with Crippen LogP contribution in [-0.4, -0.2) is 32.8 Å². The molecule has 2 amide bonds. The smallest absolute Gasteiger partial charge is 0.241 e. The Morgan fingerprint density at radius 2 is 1.81 bits per heavy atom. The van der Waals surface area contributed by atoms with E-state index in [-0.39, 0.29) is 17.6 Å². The van der Waals surface area contributed by atoms with Crippen molar-refractivity contribution in [2.75, 3.05) is 4.90 Å². The Kier molecular flexibility index (Phi) is 5.18. The van der Waals surface area contributed by atoms with Crippen LogP contribution < -0.4 is 4.90 Å². The number of aryl methyl sites for hydroxylation is 1. The van der Waals surface area contributed by atoms with Gasteiger partial charge in [0, 0.05) is 25.1 Å². The van der Waals surface area contributed by atoms with Crippen molar-refractivity contribution in [1.82, 2.24) is 9.99 Å². The molecule has 7 nitrogen and oxygen atoms in total. The summed E-state index contributed by atoms with van der Waals surface area (Å²) in [5.41, 5.74) is 2.68. The molecule has 0 spiro atoms. The van der Waals surface area contributed by atoms with Crippen molar-refractivity contribution in [3.8, 4) is 0 Å². The molecule has 1 aromatic carbocycles. The standard InChI is InChI=1S/C19H20N4O3S/c1-11-16(12(2)24)10-17(20-11)18-23(14(4)26)21-19(27-18)22(13(3)25)15-8-6-5-7-9-15/h5-10,18,20H,1-4H3. The molecular formula is C19H20N4O3S. The second kappa shape index (κ2) is 7.40. The van der Waals surface area contributed by atoms with E-state index in [9.17, 15) is 14.4 Å². The predicted octanol–water partition coefficient (Wildman–Crippen LogP) is 3.44. The number of amidine groups is 1. The summed E-state index contributed by atoms with van der Waals surface area (Å²) in [7, 11) is 0. The highest BCUT2D eigenvalue weighted by Crippen LogP contribution is 2.41. The number of hydrazone groups is 1. The summed E-state index contributed by atoms with van der Waals surface area (Å²) in [4.78, 5) is 40.8. The van der Waals surface area contributed by atoms with Crippen LogP contribution in [0.4, 0.5) is 5.69 Å². The normalized spacial score (nSPS) is 16.2. The molecule has 27 heavy (non-hydrogen) atoms. The Morgan fingerprint density at radius 3 is 2.33 bits per heavy atom. The highest BCUT2D eigenvalue weighted by atomic mass is 32.2. The van der Waals surface area contributed by atoms with Gasteiger partial charge in [0.2, 0.25) is 11.8 Å². The number of rotatable bonds is 3. The zero-order chi connectivity index (χ0) is 19.7. The number of para-hydroxylation sites is 1. The third-order valence-electron chi connectivity index (χ3n) is 4.16. The maximum Gasteiger partial charge on any atom is 0.241 e. The largest absolute Gasteiger partial charge is 0.359 e. The summed E-state index contributed by atoms with van der Waals surface area (Å²) in [6, 6.07) is 10.9. The van der Waals surface area contributed by atoms with Gasteiger partial charge < -0.3 is 4.98 Å². The van der Waals surface area contributed by atoms with Crippen LogP contribution in [0.25, 0.3) is 0 Å². The van der Waals surface area contributed by atoms with E-state index < -0.39 is 5.37 Å². The van der Waals surface area contributed by atoms with Gasteiger partial charge in [-0.15, -0.1) is 5.10 Å². The van der Waals surface area contributed by atoms with Gasteiger partial charge >= 0.3 is 0 Å². The molecule has 0 bridgehead atoms. The van der Waals surface area contributed by atoms with Crippen LogP contribution in [0, 0.1) is 6.92 Å². The predicted molar refractivity (Wildman–Crippen MR) is 105 cm³/mol. The van der Waals surface area contributed by atoms with Crippen LogP contribution in [0.5, 0.6) is 0 Å². The SMILES string of the molecule is CC(=O)c1cc(C2SC(N(C(C)=O)c3ccccc3)=NN2C(C)=O)[nH]c1C. The molecular weight excluding hydrogens is 364 g/mol. The van der Waals surface area contributed by atoms with Crippen molar-refractivity contribution in [2.45, 2.75) is 33.1 Å². The summed E-state index contributed by atoms with van der Waals surface area (Å²) in [5.74, 6) is -0.512. The number of benzene rings is 1. The van der Waals surface area contributed by atoms with E-state index in [1.165, 1.54) is 42.4 Å². The average Bonchev–Trinajstić information content (AvgIpc) is 3.19. The number of amides is 2. The lowest BCUT2D eigenvalue weighted by Gasteiger charge is -2.20. The molecule has 0 saturated heterocycles. The Balaban J connectivity index is 1.99. The number of carbonyl (C=O) groups excluding carboxylic acids is 3. The number of ketones is 1. The van der Waals surface area contributed by atoms with Crippen molar-refractivity contribution in [2.24, 2.45) is 5.10 Å². The fourth-order valence-electron chi connectivity index (χ4n) is 2.93. The minimum Gasteiger partial charge on any atom is -0.359 e. The van der Waals surface area contributed by atoms with Crippen LogP contribution >= 0.6 is 11.8 Å². The number of thioether (sulfide) groups is 1. The molecule has 1 aliphatic heterocycles. The number of nitrogens with one attached hydrogen (secondary N) is 1. The van der Waals surface area contributed by atoms with Gasteiger partial charge in [-0.1, -0.05) is 30.0 Å². The van der Waals surface area contributed by atoms with Crippen LogP contribution in [-0.2, 0) is 9.59 Å². The second-order valence-corrected chi connectivity index (χ2v) is 7.27. The molecule has 1 N–H and O–H groups in total. The van der Waals surface area contributed by atoms with E-state index in [1.54, 1.807) is 6.07 Å². The molecule has 0 saturated carbocycles. The third-order valence-corrected chi connectivity index (χ3v) is 5.31. The molecule has 1 atom stereocenters. The van der Waals surface area contributed by atoms with Crippen LogP contribution in [0.2, 0.25) is 0 Å². The van der Waals surface area contributed by atoms with Crippen LogP contribution in [0.1, 0.15) is 47.9 Å². The lowest BCUT2D eigenvalue weighted by molar-refractivity contribution is -0.129. The third kappa shape index (κ3) is 3.66. The summed E-state index contributed by atoms with van der Waals surface area (Å²) in [6.45, 7) is 6.18. The fraction of sp³-hybridized carbons (Fsp3) is 0.263. The van der Waals surface area contributed by atoms with E-state index in [0.717, 1.165) is 5.69 Å². The molecule has 1 unspecified atom stereocenters. The molecule has 2 aromatic rings. The van der Waals surface area contributed by atoms with Gasteiger partial charge in [0.15, 0.2) is 11.0 Å². The molecule has 0 fully saturated rings. The van der Waals surface area contributed by atoms with E-state index in [0.29, 0.717) is 22.1 Å². The Bertz CT molecular complexity index is 936. The van der Waals surface area contributed by atoms with Gasteiger partial charge in [-0.25, -0.2) is 5.01 Å². The Hall–Kier alpha value is -2.87. The monoisotopic (exact) mass is 384 g/mol. The van der Waals surface area contributed by atoms with E-state index >= 15 is 0 Å². The number of nitrogens with zero attached hydrogens (tertiary/aromatic N) is 3. The molecule has 1 aromatic heterocycles. The first-order valence-corrected chi connectivity index (χ1v) is 9.28. The number of carbonyl (C=O) groups is 3. The van der Waals surface area contributed by atoms with Gasteiger partial charge in [0.1, 0.15) is 5.37 Å². The number of hydrogen-bond donors (Lipinski definition) is 1. The lowest BCUT2D eigenvalue weighted by Crippen LogP contribution is -2.32. The van der Waals surface area contributed by atoms with Crippen LogP contribution in [0.15, 0.2) is 41.5 Å². The highest BCUT2D eigenvalue weighted by molar-refractivity contribution is 8.14. The molecule has 2 heterocycles. The van der Waals surface area contributed by atoms with Gasteiger partial charge in [-0.3, -0.25) is 19.3 Å². The molecule has 1 aliphatic rings. The number of H-pyrrole nitrogens is 1. The minimum absolute atomic E-state index is 0.0526. The molecule has 8 heteroatoms. The molecule has 0 aliphatic carbocycles. The quantitative estimate of drug-likeness (QED) is 0.822. The van der Waals surface area contributed by atoms with E-state index in [4.69, 9.17) is 0 Å². The van der Waals surface area contributed by atoms with Crippen molar-refractivity contribution in [1.29, 1.82) is 0 Å². The van der Waals surface area contributed by atoms with Gasteiger partial charge in [-0.05, 0) is 32.0 Å². The number of aromatic amines is 1. The maximum atomic E-state index is 12.3. The first-order chi connectivity index (χ1) is 12.8. The van der Waals surface area contributed by atoms with Crippen molar-refractivity contribution in [3.63, 3.8) is 0 Å². The summed E-state index contributed by atoms with van der Waals surface area (Å²) in [5, 5.41) is 5.65. The van der Waals surface area contributed by atoms with E-state index in [1.807, 2.05) is 37.3 Å². The molecule has 3 rings (SSSR count). The van der Waals surface area contributed by atoms with E-state index in [2.05, 4.69) is 10.1 Å². The van der Waals surface area contributed by atoms with Crippen molar-refractivity contribution < 1.29 is 14.4 Å². The zero-order valence-corrected chi connectivity index (χ0v) is 16.3. The summed E-state index contributed by atoms with van der Waals surface area (Å²) >= 11 is 1.28. The maximum absolute atomic E-state index is 12.3. The van der Waals surface area contributed by atoms with Crippen molar-refractivity contribution in [3.05, 3.63) is 53.3 Å². The Morgan fingerprint density at radius 1 is 1.15 bits per heavy atom. The zero-order valence-electron chi connectivity index (χ0n) is 15.5. The lowest BCUT2D eigenvalue weighted by atomic mass is 10.2. The first kappa shape index (κ1) is 18.9. The molecule has 0 radical (unpaired) electrons. The number of hydrogen-bond acceptors (Lipinski definition) is 5. The highest BCUT2D eigenvalue weighted by Gasteiger charge is 2.37. The summed E-state index contributed by atoms with van der Waals surface area (Å²) < 4.78 is 0. The molecule has 140 valence electrons. The Labute approximate surface area is 161 Å². The minimum atomic E-state index is -0.477. The number of aromatic nitrogens is 1. The second-order valence-electron chi connectivity index (χ2n) is 6.23. The topological polar surface area (TPSA) is 85.8 Å². The number of anilines is 1. The van der Waals surface area contributed by atoms with Gasteiger partial charge in [0.25, 0.3) is 0 Å². The average molecular weight is 384 g/mol. The first-order valence-electron chi connectivity index (χ1n) is 8.41. The fourth-order valence-corrected chi connectivity index (χ4v) is 4.16. The number of Topliss-reactive ketones (excluding diaryl/α,β-unsaturated/α-hetero) is 1. The summed E-state index contributed by atoms with van der Waals surface area (Å²) in [6.07, 6.45) is 0.